The number of benzene rings is 1. The largest absolute Gasteiger partial charge is 0.285 e. The fraction of sp³-hybridized carbons (Fsp3) is 0.143. The van der Waals surface area contributed by atoms with Gasteiger partial charge in [0, 0.05) is 13.2 Å². The van der Waals surface area contributed by atoms with Crippen LogP contribution in [0.2, 0.25) is 0 Å². The van der Waals surface area contributed by atoms with E-state index in [0.717, 1.165) is 5.56 Å². The predicted octanol–water partition coefficient (Wildman–Crippen LogP) is 1.32. The summed E-state index contributed by atoms with van der Waals surface area (Å²) >= 11 is 0. The summed E-state index contributed by atoms with van der Waals surface area (Å²) in [7, 11) is 1.76. The molecule has 0 unspecified atom stereocenters. The lowest BCUT2D eigenvalue weighted by Gasteiger charge is -2.01. The normalized spacial score (nSPS) is 11.5. The van der Waals surface area contributed by atoms with Crippen LogP contribution >= 0.6 is 0 Å². The van der Waals surface area contributed by atoms with Gasteiger partial charge in [-0.25, -0.2) is 4.98 Å². The summed E-state index contributed by atoms with van der Waals surface area (Å²) in [6, 6.07) is 9.59. The van der Waals surface area contributed by atoms with Gasteiger partial charge in [0.2, 0.25) is 0 Å². The molecule has 3 aromatic rings. The Hall–Kier alpha value is -2.76. The lowest BCUT2D eigenvalue weighted by atomic mass is 10.2. The van der Waals surface area contributed by atoms with E-state index in [1.165, 1.54) is 4.68 Å². The number of hydrogen-bond donors (Lipinski definition) is 0. The molecule has 2 aromatic heterocycles. The number of nitrogens with zero attached hydrogens (tertiary/aromatic N) is 5. The van der Waals surface area contributed by atoms with Crippen LogP contribution in [0.1, 0.15) is 11.4 Å². The van der Waals surface area contributed by atoms with Crippen LogP contribution in [0, 0.1) is 6.92 Å². The van der Waals surface area contributed by atoms with E-state index >= 15 is 0 Å². The Bertz CT molecular complexity index is 845. The van der Waals surface area contributed by atoms with E-state index < -0.39 is 0 Å². The molecule has 0 saturated heterocycles. The third-order valence-electron chi connectivity index (χ3n) is 2.93. The summed E-state index contributed by atoms with van der Waals surface area (Å²) in [5, 5.41) is 8.81. The second-order valence-electron chi connectivity index (χ2n) is 4.47. The van der Waals surface area contributed by atoms with E-state index in [-0.39, 0.29) is 5.56 Å². The standard InChI is InChI=1S/C14H13N5O/c1-10-16-13-12(9-18(2)17-13)14(20)19(10)15-8-11-6-4-3-5-7-11/h3-9H,1-2H3/b15-8+. The van der Waals surface area contributed by atoms with E-state index in [4.69, 9.17) is 0 Å². The summed E-state index contributed by atoms with van der Waals surface area (Å²) in [6.45, 7) is 1.73. The Balaban J connectivity index is 2.12. The highest BCUT2D eigenvalue weighted by Crippen LogP contribution is 2.05. The Morgan fingerprint density at radius 1 is 1.25 bits per heavy atom. The molecule has 0 saturated carbocycles. The molecule has 0 aliphatic heterocycles. The highest BCUT2D eigenvalue weighted by Gasteiger charge is 2.09. The molecule has 2 heterocycles. The lowest BCUT2D eigenvalue weighted by molar-refractivity contribution is 0.760. The van der Waals surface area contributed by atoms with Crippen LogP contribution in [0.15, 0.2) is 46.4 Å². The van der Waals surface area contributed by atoms with Gasteiger partial charge in [0.25, 0.3) is 5.56 Å². The average molecular weight is 267 g/mol. The summed E-state index contributed by atoms with van der Waals surface area (Å²) in [6.07, 6.45) is 3.29. The van der Waals surface area contributed by atoms with Gasteiger partial charge in [0.15, 0.2) is 5.65 Å². The Morgan fingerprint density at radius 2 is 2.00 bits per heavy atom. The monoisotopic (exact) mass is 267 g/mol. The molecular formula is C14H13N5O. The topological polar surface area (TPSA) is 65.1 Å². The van der Waals surface area contributed by atoms with Crippen molar-refractivity contribution >= 4 is 17.2 Å². The van der Waals surface area contributed by atoms with Gasteiger partial charge in [-0.15, -0.1) is 0 Å². The van der Waals surface area contributed by atoms with E-state index in [9.17, 15) is 4.79 Å². The second-order valence-corrected chi connectivity index (χ2v) is 4.47. The van der Waals surface area contributed by atoms with Gasteiger partial charge in [0.1, 0.15) is 11.2 Å². The fourth-order valence-corrected chi connectivity index (χ4v) is 1.97. The van der Waals surface area contributed by atoms with E-state index in [0.29, 0.717) is 16.9 Å². The second kappa shape index (κ2) is 4.73. The molecule has 0 atom stereocenters. The van der Waals surface area contributed by atoms with Crippen LogP contribution in [-0.2, 0) is 7.05 Å². The first-order valence-corrected chi connectivity index (χ1v) is 6.17. The fourth-order valence-electron chi connectivity index (χ4n) is 1.97. The minimum atomic E-state index is -0.215. The van der Waals surface area contributed by atoms with Crippen molar-refractivity contribution in [3.8, 4) is 0 Å². The molecular weight excluding hydrogens is 254 g/mol. The molecule has 6 heteroatoms. The van der Waals surface area contributed by atoms with Crippen LogP contribution in [0.5, 0.6) is 0 Å². The zero-order valence-electron chi connectivity index (χ0n) is 11.2. The van der Waals surface area contributed by atoms with Crippen LogP contribution in [-0.4, -0.2) is 25.7 Å². The van der Waals surface area contributed by atoms with Crippen molar-refractivity contribution < 1.29 is 0 Å². The van der Waals surface area contributed by atoms with Crippen LogP contribution in [0.3, 0.4) is 0 Å². The quantitative estimate of drug-likeness (QED) is 0.658. The maximum absolute atomic E-state index is 12.3. The molecule has 3 rings (SSSR count). The van der Waals surface area contributed by atoms with Crippen LogP contribution < -0.4 is 5.56 Å². The molecule has 20 heavy (non-hydrogen) atoms. The number of rotatable bonds is 2. The maximum Gasteiger partial charge on any atom is 0.285 e. The van der Waals surface area contributed by atoms with Crippen molar-refractivity contribution in [2.24, 2.45) is 12.1 Å². The minimum Gasteiger partial charge on any atom is -0.273 e. The van der Waals surface area contributed by atoms with Crippen molar-refractivity contribution in [1.29, 1.82) is 0 Å². The first-order valence-electron chi connectivity index (χ1n) is 6.17. The van der Waals surface area contributed by atoms with Gasteiger partial charge < -0.3 is 0 Å². The highest BCUT2D eigenvalue weighted by atomic mass is 16.1. The van der Waals surface area contributed by atoms with Crippen molar-refractivity contribution in [2.75, 3.05) is 0 Å². The summed E-state index contributed by atoms with van der Waals surface area (Å²) in [5.41, 5.74) is 1.15. The average Bonchev–Trinajstić information content (AvgIpc) is 2.80. The van der Waals surface area contributed by atoms with Gasteiger partial charge in [-0.05, 0) is 12.5 Å². The third-order valence-corrected chi connectivity index (χ3v) is 2.93. The molecule has 1 aromatic carbocycles. The van der Waals surface area contributed by atoms with Gasteiger partial charge in [-0.2, -0.15) is 14.9 Å². The van der Waals surface area contributed by atoms with Crippen LogP contribution in [0.4, 0.5) is 0 Å². The van der Waals surface area contributed by atoms with Gasteiger partial charge in [-0.3, -0.25) is 9.48 Å². The number of fused-ring (bicyclic) bond motifs is 1. The van der Waals surface area contributed by atoms with Crippen molar-refractivity contribution in [1.82, 2.24) is 19.4 Å². The molecule has 6 nitrogen and oxygen atoms in total. The lowest BCUT2D eigenvalue weighted by Crippen LogP contribution is -2.20. The first-order chi connectivity index (χ1) is 9.65. The van der Waals surface area contributed by atoms with Crippen molar-refractivity contribution in [2.45, 2.75) is 6.92 Å². The molecule has 100 valence electrons. The molecule has 0 fully saturated rings. The zero-order valence-corrected chi connectivity index (χ0v) is 11.2. The van der Waals surface area contributed by atoms with Gasteiger partial charge >= 0.3 is 0 Å². The number of aryl methyl sites for hydroxylation is 2. The van der Waals surface area contributed by atoms with Crippen molar-refractivity contribution in [3.63, 3.8) is 0 Å². The Kier molecular flexibility index (Phi) is 2.90. The molecule has 0 N–H and O–H groups in total. The van der Waals surface area contributed by atoms with E-state index in [2.05, 4.69) is 15.2 Å². The van der Waals surface area contributed by atoms with Gasteiger partial charge in [-0.1, -0.05) is 30.3 Å². The third kappa shape index (κ3) is 2.11. The maximum atomic E-state index is 12.3. The van der Waals surface area contributed by atoms with Crippen molar-refractivity contribution in [3.05, 3.63) is 58.3 Å². The molecule has 0 aliphatic rings. The highest BCUT2D eigenvalue weighted by molar-refractivity contribution is 5.79. The number of hydrogen-bond acceptors (Lipinski definition) is 4. The van der Waals surface area contributed by atoms with E-state index in [1.807, 2.05) is 30.3 Å². The minimum absolute atomic E-state index is 0.215. The SMILES string of the molecule is Cc1nc2nn(C)cc2c(=O)n1/N=C/c1ccccc1. The summed E-state index contributed by atoms with van der Waals surface area (Å²) < 4.78 is 2.86. The molecule has 0 aliphatic carbocycles. The molecule has 0 spiro atoms. The van der Waals surface area contributed by atoms with E-state index in [1.54, 1.807) is 31.1 Å². The Labute approximate surface area is 115 Å². The molecule has 0 radical (unpaired) electrons. The smallest absolute Gasteiger partial charge is 0.273 e. The Morgan fingerprint density at radius 3 is 2.75 bits per heavy atom. The van der Waals surface area contributed by atoms with Gasteiger partial charge in [0.05, 0.1) is 6.21 Å². The zero-order chi connectivity index (χ0) is 14.1. The van der Waals surface area contributed by atoms with Crippen LogP contribution in [0.25, 0.3) is 11.0 Å². The number of aromatic nitrogens is 4. The molecule has 0 amide bonds. The summed E-state index contributed by atoms with van der Waals surface area (Å²) in [5.74, 6) is 0.508. The summed E-state index contributed by atoms with van der Waals surface area (Å²) in [4.78, 5) is 16.6. The predicted molar refractivity (Wildman–Crippen MR) is 76.9 cm³/mol. The molecule has 0 bridgehead atoms. The first kappa shape index (κ1) is 12.3.